The normalized spacial score (nSPS) is 18.6. The van der Waals surface area contributed by atoms with Gasteiger partial charge in [-0.05, 0) is 36.3 Å². The molecule has 0 spiro atoms. The van der Waals surface area contributed by atoms with Gasteiger partial charge < -0.3 is 5.11 Å². The number of nitrogens with zero attached hydrogens (tertiary/aromatic N) is 2. The Morgan fingerprint density at radius 1 is 1.35 bits per heavy atom. The molecule has 0 bridgehead atoms. The van der Waals surface area contributed by atoms with Crippen molar-refractivity contribution in [3.63, 3.8) is 0 Å². The van der Waals surface area contributed by atoms with E-state index in [-0.39, 0.29) is 11.6 Å². The third-order valence-electron chi connectivity index (χ3n) is 4.03. The van der Waals surface area contributed by atoms with Gasteiger partial charge in [0.05, 0.1) is 6.61 Å². The van der Waals surface area contributed by atoms with E-state index >= 15 is 0 Å². The molecule has 2 heterocycles. The summed E-state index contributed by atoms with van der Waals surface area (Å²) in [6.07, 6.45) is 3.23. The van der Waals surface area contributed by atoms with E-state index in [0.29, 0.717) is 30.5 Å². The number of aromatic nitrogens is 1. The standard InChI is InChI=1S/C14H22N2O3S/c1-11(2)13-5-7-16(8-6-13)20(18,19)14-4-3-12(10-17)9-15-14/h3-4,9,11,13,17H,5-8,10H2,1-2H3. The summed E-state index contributed by atoms with van der Waals surface area (Å²) in [5, 5.41) is 9.03. The summed E-state index contributed by atoms with van der Waals surface area (Å²) in [6, 6.07) is 3.07. The molecule has 2 rings (SSSR count). The Balaban J connectivity index is 2.11. The first kappa shape index (κ1) is 15.4. The largest absolute Gasteiger partial charge is 0.392 e. The monoisotopic (exact) mass is 298 g/mol. The van der Waals surface area contributed by atoms with Gasteiger partial charge in [0.15, 0.2) is 5.03 Å². The Kier molecular flexibility index (Phi) is 4.78. The fourth-order valence-corrected chi connectivity index (χ4v) is 3.95. The van der Waals surface area contributed by atoms with Crippen LogP contribution in [0.2, 0.25) is 0 Å². The van der Waals surface area contributed by atoms with Crippen LogP contribution in [0.25, 0.3) is 0 Å². The van der Waals surface area contributed by atoms with Gasteiger partial charge in [0.1, 0.15) is 0 Å². The summed E-state index contributed by atoms with van der Waals surface area (Å²) in [4.78, 5) is 3.96. The van der Waals surface area contributed by atoms with Crippen LogP contribution in [-0.4, -0.2) is 35.9 Å². The lowest BCUT2D eigenvalue weighted by molar-refractivity contribution is 0.226. The number of hydrogen-bond acceptors (Lipinski definition) is 4. The zero-order chi connectivity index (χ0) is 14.8. The molecule has 0 aliphatic carbocycles. The number of sulfonamides is 1. The van der Waals surface area contributed by atoms with Crippen molar-refractivity contribution >= 4 is 10.0 Å². The molecule has 0 atom stereocenters. The van der Waals surface area contributed by atoms with Crippen LogP contribution in [0.1, 0.15) is 32.3 Å². The second kappa shape index (κ2) is 6.20. The lowest BCUT2D eigenvalue weighted by atomic mass is 9.87. The Morgan fingerprint density at radius 3 is 2.45 bits per heavy atom. The van der Waals surface area contributed by atoms with Gasteiger partial charge in [0.25, 0.3) is 10.0 Å². The highest BCUT2D eigenvalue weighted by Gasteiger charge is 2.31. The molecule has 0 amide bonds. The van der Waals surface area contributed by atoms with Crippen LogP contribution in [-0.2, 0) is 16.6 Å². The first-order chi connectivity index (χ1) is 9.45. The summed E-state index contributed by atoms with van der Waals surface area (Å²) in [5.74, 6) is 1.20. The first-order valence-corrected chi connectivity index (χ1v) is 8.45. The average molecular weight is 298 g/mol. The zero-order valence-corrected chi connectivity index (χ0v) is 12.8. The minimum absolute atomic E-state index is 0.0673. The average Bonchev–Trinajstić information content (AvgIpc) is 2.47. The molecule has 0 saturated carbocycles. The second-order valence-electron chi connectivity index (χ2n) is 5.65. The molecule has 5 nitrogen and oxygen atoms in total. The molecular formula is C14H22N2O3S. The number of aliphatic hydroxyl groups is 1. The smallest absolute Gasteiger partial charge is 0.260 e. The Labute approximate surface area is 120 Å². The van der Waals surface area contributed by atoms with Crippen LogP contribution >= 0.6 is 0 Å². The molecule has 1 aromatic rings. The Bertz CT molecular complexity index is 532. The molecular weight excluding hydrogens is 276 g/mol. The van der Waals surface area contributed by atoms with Crippen molar-refractivity contribution in [3.8, 4) is 0 Å². The maximum absolute atomic E-state index is 12.5. The van der Waals surface area contributed by atoms with Crippen molar-refractivity contribution in [2.75, 3.05) is 13.1 Å². The van der Waals surface area contributed by atoms with Crippen molar-refractivity contribution in [1.29, 1.82) is 0 Å². The SMILES string of the molecule is CC(C)C1CCN(S(=O)(=O)c2ccc(CO)cn2)CC1. The van der Waals surface area contributed by atoms with Crippen LogP contribution in [0, 0.1) is 11.8 Å². The zero-order valence-electron chi connectivity index (χ0n) is 12.0. The third kappa shape index (κ3) is 3.19. The number of aliphatic hydroxyl groups excluding tert-OH is 1. The topological polar surface area (TPSA) is 70.5 Å². The molecule has 1 aromatic heterocycles. The Hall–Kier alpha value is -0.980. The predicted molar refractivity (Wildman–Crippen MR) is 76.5 cm³/mol. The quantitative estimate of drug-likeness (QED) is 0.917. The Morgan fingerprint density at radius 2 is 2.00 bits per heavy atom. The molecule has 0 radical (unpaired) electrons. The summed E-state index contributed by atoms with van der Waals surface area (Å²) >= 11 is 0. The van der Waals surface area contributed by atoms with E-state index in [1.807, 2.05) is 0 Å². The van der Waals surface area contributed by atoms with E-state index < -0.39 is 10.0 Å². The summed E-state index contributed by atoms with van der Waals surface area (Å²) in [5.41, 5.74) is 0.613. The van der Waals surface area contributed by atoms with Crippen LogP contribution in [0.3, 0.4) is 0 Å². The van der Waals surface area contributed by atoms with Gasteiger partial charge in [0.2, 0.25) is 0 Å². The molecule has 0 aromatic carbocycles. The van der Waals surface area contributed by atoms with Crippen molar-refractivity contribution in [3.05, 3.63) is 23.9 Å². The molecule has 20 heavy (non-hydrogen) atoms. The minimum atomic E-state index is -3.50. The van der Waals surface area contributed by atoms with E-state index in [9.17, 15) is 8.42 Å². The highest BCUT2D eigenvalue weighted by molar-refractivity contribution is 7.89. The third-order valence-corrected chi connectivity index (χ3v) is 5.84. The number of rotatable bonds is 4. The molecule has 112 valence electrons. The lowest BCUT2D eigenvalue weighted by Crippen LogP contribution is -2.39. The number of piperidine rings is 1. The van der Waals surface area contributed by atoms with Gasteiger partial charge in [-0.25, -0.2) is 13.4 Å². The van der Waals surface area contributed by atoms with Gasteiger partial charge >= 0.3 is 0 Å². The molecule has 1 aliphatic heterocycles. The summed E-state index contributed by atoms with van der Waals surface area (Å²) in [7, 11) is -3.50. The maximum Gasteiger partial charge on any atom is 0.260 e. The first-order valence-electron chi connectivity index (χ1n) is 7.01. The molecule has 1 N–H and O–H groups in total. The molecule has 1 aliphatic rings. The molecule has 0 unspecified atom stereocenters. The van der Waals surface area contributed by atoms with Crippen molar-refractivity contribution in [2.24, 2.45) is 11.8 Å². The van der Waals surface area contributed by atoms with Crippen molar-refractivity contribution < 1.29 is 13.5 Å². The molecule has 6 heteroatoms. The van der Waals surface area contributed by atoms with Gasteiger partial charge in [0, 0.05) is 19.3 Å². The van der Waals surface area contributed by atoms with Gasteiger partial charge in [-0.1, -0.05) is 19.9 Å². The van der Waals surface area contributed by atoms with Crippen LogP contribution in [0.15, 0.2) is 23.4 Å². The van der Waals surface area contributed by atoms with Gasteiger partial charge in [-0.3, -0.25) is 0 Å². The van der Waals surface area contributed by atoms with E-state index in [1.54, 1.807) is 6.07 Å². The molecule has 1 fully saturated rings. The highest BCUT2D eigenvalue weighted by Crippen LogP contribution is 2.27. The van der Waals surface area contributed by atoms with Gasteiger partial charge in [-0.15, -0.1) is 0 Å². The van der Waals surface area contributed by atoms with E-state index in [1.165, 1.54) is 16.6 Å². The number of pyridine rings is 1. The lowest BCUT2D eigenvalue weighted by Gasteiger charge is -2.32. The van der Waals surface area contributed by atoms with Gasteiger partial charge in [-0.2, -0.15) is 4.31 Å². The van der Waals surface area contributed by atoms with Crippen LogP contribution in [0.5, 0.6) is 0 Å². The fourth-order valence-electron chi connectivity index (χ4n) is 2.57. The van der Waals surface area contributed by atoms with E-state index in [0.717, 1.165) is 12.8 Å². The minimum Gasteiger partial charge on any atom is -0.392 e. The van der Waals surface area contributed by atoms with E-state index in [2.05, 4.69) is 18.8 Å². The van der Waals surface area contributed by atoms with E-state index in [4.69, 9.17) is 5.11 Å². The van der Waals surface area contributed by atoms with Crippen LogP contribution in [0.4, 0.5) is 0 Å². The molecule has 1 saturated heterocycles. The number of hydrogen-bond donors (Lipinski definition) is 1. The van der Waals surface area contributed by atoms with Crippen molar-refractivity contribution in [2.45, 2.75) is 38.3 Å². The summed E-state index contributed by atoms with van der Waals surface area (Å²) in [6.45, 7) is 5.37. The van der Waals surface area contributed by atoms with Crippen LogP contribution < -0.4 is 0 Å². The maximum atomic E-state index is 12.5. The summed E-state index contributed by atoms with van der Waals surface area (Å²) < 4.78 is 26.4. The second-order valence-corrected chi connectivity index (χ2v) is 7.53. The fraction of sp³-hybridized carbons (Fsp3) is 0.643. The highest BCUT2D eigenvalue weighted by atomic mass is 32.2. The predicted octanol–water partition coefficient (Wildman–Crippen LogP) is 1.63. The van der Waals surface area contributed by atoms with Crippen molar-refractivity contribution in [1.82, 2.24) is 9.29 Å².